The Kier molecular flexibility index (Phi) is 3.30. The molecule has 0 radical (unpaired) electrons. The van der Waals surface area contributed by atoms with Crippen molar-refractivity contribution in [2.24, 2.45) is 0 Å². The van der Waals surface area contributed by atoms with E-state index in [9.17, 15) is 4.79 Å². The number of aromatic nitrogens is 5. The summed E-state index contributed by atoms with van der Waals surface area (Å²) in [7, 11) is 0. The Morgan fingerprint density at radius 3 is 3.00 bits per heavy atom. The zero-order valence-electron chi connectivity index (χ0n) is 10.2. The number of tetrazole rings is 1. The molecule has 0 atom stereocenters. The van der Waals surface area contributed by atoms with Crippen molar-refractivity contribution in [3.8, 4) is 0 Å². The van der Waals surface area contributed by atoms with Gasteiger partial charge in [-0.15, -0.1) is 5.10 Å². The fourth-order valence-electron chi connectivity index (χ4n) is 1.76. The molecule has 3 rings (SSSR count). The van der Waals surface area contributed by atoms with Crippen LogP contribution in [0.4, 0.5) is 0 Å². The van der Waals surface area contributed by atoms with E-state index in [4.69, 9.17) is 5.11 Å². The molecule has 7 nitrogen and oxygen atoms in total. The second-order valence-electron chi connectivity index (χ2n) is 3.95. The Bertz CT molecular complexity index is 768. The van der Waals surface area contributed by atoms with Crippen LogP contribution in [0.3, 0.4) is 0 Å². The molecular weight excluding hydrogens is 278 g/mol. The van der Waals surface area contributed by atoms with Crippen LogP contribution in [0, 0.1) is 0 Å². The van der Waals surface area contributed by atoms with Crippen LogP contribution in [0.1, 0.15) is 0 Å². The third-order valence-electron chi connectivity index (χ3n) is 2.61. The van der Waals surface area contributed by atoms with Crippen LogP contribution < -0.4 is 0 Å². The maximum Gasteiger partial charge on any atom is 0.325 e. The molecule has 0 amide bonds. The van der Waals surface area contributed by atoms with Crippen molar-refractivity contribution in [2.75, 3.05) is 0 Å². The molecule has 0 saturated carbocycles. The number of pyridine rings is 1. The van der Waals surface area contributed by atoms with Crippen molar-refractivity contribution < 1.29 is 9.90 Å². The van der Waals surface area contributed by atoms with Crippen molar-refractivity contribution >= 4 is 28.5 Å². The molecule has 0 aliphatic rings. The maximum atomic E-state index is 10.7. The molecule has 0 bridgehead atoms. The highest BCUT2D eigenvalue weighted by Crippen LogP contribution is 2.29. The average molecular weight is 287 g/mol. The van der Waals surface area contributed by atoms with E-state index < -0.39 is 5.97 Å². The lowest BCUT2D eigenvalue weighted by Crippen LogP contribution is -2.11. The number of hydrogen-bond donors (Lipinski definition) is 1. The topological polar surface area (TPSA) is 93.8 Å². The molecule has 100 valence electrons. The lowest BCUT2D eigenvalue weighted by atomic mass is 10.2. The number of rotatable bonds is 4. The molecular formula is C12H9N5O2S. The average Bonchev–Trinajstić information content (AvgIpc) is 2.86. The Labute approximate surface area is 117 Å². The molecule has 2 heterocycles. The standard InChI is InChI=1S/C12H9N5O2S/c18-10(19)7-17-12(14-15-16-17)20-11-9-4-2-1-3-8(9)5-6-13-11/h1-6H,7H2,(H,18,19). The molecule has 0 spiro atoms. The van der Waals surface area contributed by atoms with E-state index in [1.54, 1.807) is 6.20 Å². The fraction of sp³-hybridized carbons (Fsp3) is 0.0833. The van der Waals surface area contributed by atoms with Crippen molar-refractivity contribution in [3.05, 3.63) is 36.5 Å². The molecule has 0 saturated heterocycles. The number of fused-ring (bicyclic) bond motifs is 1. The normalized spacial score (nSPS) is 10.8. The minimum absolute atomic E-state index is 0.278. The second kappa shape index (κ2) is 5.25. The monoisotopic (exact) mass is 287 g/mol. The van der Waals surface area contributed by atoms with Gasteiger partial charge in [-0.05, 0) is 33.6 Å². The number of carboxylic acid groups (broad SMARTS) is 1. The maximum absolute atomic E-state index is 10.7. The van der Waals surface area contributed by atoms with E-state index in [0.717, 1.165) is 15.8 Å². The van der Waals surface area contributed by atoms with Crippen LogP contribution in [0.5, 0.6) is 0 Å². The summed E-state index contributed by atoms with van der Waals surface area (Å²) < 4.78 is 1.23. The predicted octanol–water partition coefficient (Wildman–Crippen LogP) is 1.46. The van der Waals surface area contributed by atoms with Crippen LogP contribution in [0.2, 0.25) is 0 Å². The Morgan fingerprint density at radius 1 is 1.30 bits per heavy atom. The first kappa shape index (κ1) is 12.5. The zero-order chi connectivity index (χ0) is 13.9. The first-order valence-electron chi connectivity index (χ1n) is 5.73. The fourth-order valence-corrected chi connectivity index (χ4v) is 2.62. The Morgan fingerprint density at radius 2 is 2.15 bits per heavy atom. The first-order chi connectivity index (χ1) is 9.74. The molecule has 0 aliphatic heterocycles. The molecule has 1 aromatic carbocycles. The summed E-state index contributed by atoms with van der Waals surface area (Å²) in [5.41, 5.74) is 0. The predicted molar refractivity (Wildman–Crippen MR) is 71.3 cm³/mol. The van der Waals surface area contributed by atoms with Gasteiger partial charge >= 0.3 is 5.97 Å². The molecule has 8 heteroatoms. The van der Waals surface area contributed by atoms with Gasteiger partial charge in [0, 0.05) is 11.6 Å². The van der Waals surface area contributed by atoms with Gasteiger partial charge in [-0.2, -0.15) is 0 Å². The molecule has 2 aromatic heterocycles. The SMILES string of the molecule is O=C(O)Cn1nnnc1Sc1nccc2ccccc12. The summed E-state index contributed by atoms with van der Waals surface area (Å²) >= 11 is 1.24. The van der Waals surface area contributed by atoms with Gasteiger partial charge < -0.3 is 5.11 Å². The van der Waals surface area contributed by atoms with Crippen LogP contribution in [0.25, 0.3) is 10.8 Å². The summed E-state index contributed by atoms with van der Waals surface area (Å²) in [5.74, 6) is -0.995. The number of carboxylic acids is 1. The van der Waals surface area contributed by atoms with Crippen LogP contribution in [-0.4, -0.2) is 36.3 Å². The lowest BCUT2D eigenvalue weighted by Gasteiger charge is -2.04. The number of nitrogens with zero attached hydrogens (tertiary/aromatic N) is 5. The van der Waals surface area contributed by atoms with Gasteiger partial charge in [-0.3, -0.25) is 4.79 Å². The van der Waals surface area contributed by atoms with Gasteiger partial charge in [0.05, 0.1) is 0 Å². The van der Waals surface area contributed by atoms with E-state index in [1.165, 1.54) is 16.4 Å². The number of aliphatic carboxylic acids is 1. The Hall–Kier alpha value is -2.48. The highest BCUT2D eigenvalue weighted by molar-refractivity contribution is 7.99. The number of hydrogen-bond acceptors (Lipinski definition) is 6. The van der Waals surface area contributed by atoms with E-state index in [1.807, 2.05) is 30.3 Å². The van der Waals surface area contributed by atoms with E-state index in [2.05, 4.69) is 20.5 Å². The third-order valence-corrected chi connectivity index (χ3v) is 3.60. The highest BCUT2D eigenvalue weighted by atomic mass is 32.2. The Balaban J connectivity index is 1.98. The second-order valence-corrected chi connectivity index (χ2v) is 4.91. The summed E-state index contributed by atoms with van der Waals surface area (Å²) in [6.07, 6.45) is 1.70. The lowest BCUT2D eigenvalue weighted by molar-refractivity contribution is -0.138. The molecule has 0 aliphatic carbocycles. The van der Waals surface area contributed by atoms with Crippen molar-refractivity contribution in [1.82, 2.24) is 25.2 Å². The molecule has 0 fully saturated rings. The molecule has 1 N–H and O–H groups in total. The van der Waals surface area contributed by atoms with E-state index in [-0.39, 0.29) is 6.54 Å². The summed E-state index contributed by atoms with van der Waals surface area (Å²) in [5, 5.41) is 23.0. The van der Waals surface area contributed by atoms with E-state index in [0.29, 0.717) is 5.16 Å². The largest absolute Gasteiger partial charge is 0.480 e. The highest BCUT2D eigenvalue weighted by Gasteiger charge is 2.13. The molecule has 0 unspecified atom stereocenters. The van der Waals surface area contributed by atoms with Crippen molar-refractivity contribution in [1.29, 1.82) is 0 Å². The molecule has 3 aromatic rings. The van der Waals surface area contributed by atoms with E-state index >= 15 is 0 Å². The van der Waals surface area contributed by atoms with Gasteiger partial charge in [-0.1, -0.05) is 24.3 Å². The summed E-state index contributed by atoms with van der Waals surface area (Å²) in [4.78, 5) is 15.1. The smallest absolute Gasteiger partial charge is 0.325 e. The van der Waals surface area contributed by atoms with Crippen LogP contribution in [0.15, 0.2) is 46.7 Å². The van der Waals surface area contributed by atoms with Gasteiger partial charge in [0.25, 0.3) is 0 Å². The van der Waals surface area contributed by atoms with Gasteiger partial charge in [0.15, 0.2) is 0 Å². The summed E-state index contributed by atoms with van der Waals surface area (Å²) in [6, 6.07) is 9.73. The quantitative estimate of drug-likeness (QED) is 0.776. The number of benzene rings is 1. The third kappa shape index (κ3) is 2.45. The first-order valence-corrected chi connectivity index (χ1v) is 6.55. The minimum Gasteiger partial charge on any atom is -0.480 e. The van der Waals surface area contributed by atoms with Crippen molar-refractivity contribution in [3.63, 3.8) is 0 Å². The number of carbonyl (C=O) groups is 1. The van der Waals surface area contributed by atoms with Crippen molar-refractivity contribution in [2.45, 2.75) is 16.7 Å². The van der Waals surface area contributed by atoms with Gasteiger partial charge in [-0.25, -0.2) is 9.67 Å². The van der Waals surface area contributed by atoms with Gasteiger partial charge in [0.1, 0.15) is 11.6 Å². The van der Waals surface area contributed by atoms with Crippen LogP contribution >= 0.6 is 11.8 Å². The molecule has 20 heavy (non-hydrogen) atoms. The van der Waals surface area contributed by atoms with Gasteiger partial charge in [0.2, 0.25) is 5.16 Å². The zero-order valence-corrected chi connectivity index (χ0v) is 11.0. The minimum atomic E-state index is -0.995. The summed E-state index contributed by atoms with van der Waals surface area (Å²) in [6.45, 7) is -0.278. The van der Waals surface area contributed by atoms with Crippen LogP contribution in [-0.2, 0) is 11.3 Å².